The van der Waals surface area contributed by atoms with Crippen molar-refractivity contribution in [2.45, 2.75) is 13.0 Å². The minimum atomic E-state index is -0.670. The summed E-state index contributed by atoms with van der Waals surface area (Å²) in [5.41, 5.74) is 2.12. The van der Waals surface area contributed by atoms with Gasteiger partial charge in [0.1, 0.15) is 17.9 Å². The Morgan fingerprint density at radius 3 is 2.71 bits per heavy atom. The van der Waals surface area contributed by atoms with Gasteiger partial charge in [-0.25, -0.2) is 9.79 Å². The lowest BCUT2D eigenvalue weighted by Gasteiger charge is -2.24. The van der Waals surface area contributed by atoms with E-state index in [-0.39, 0.29) is 18.8 Å². The van der Waals surface area contributed by atoms with Crippen LogP contribution in [0.2, 0.25) is 0 Å². The zero-order valence-electron chi connectivity index (χ0n) is 20.1. The minimum absolute atomic E-state index is 0.0637. The lowest BCUT2D eigenvalue weighted by Crippen LogP contribution is -2.39. The number of hydrogen-bond donors (Lipinski definition) is 0. The topological polar surface area (TPSA) is 93.7 Å². The lowest BCUT2D eigenvalue weighted by molar-refractivity contribution is -0.138. The van der Waals surface area contributed by atoms with Crippen LogP contribution in [0.1, 0.15) is 29.0 Å². The van der Waals surface area contributed by atoms with E-state index in [1.165, 1.54) is 22.7 Å². The average Bonchev–Trinajstić information content (AvgIpc) is 3.56. The number of esters is 1. The molecule has 190 valence electrons. The highest BCUT2D eigenvalue weighted by Gasteiger charge is 2.35. The van der Waals surface area contributed by atoms with Gasteiger partial charge in [0.2, 0.25) is 0 Å². The fourth-order valence-electron chi connectivity index (χ4n) is 4.14. The number of carbonyl (C=O) groups excluding carboxylic acids is 1. The van der Waals surface area contributed by atoms with Crippen LogP contribution in [0.15, 0.2) is 85.9 Å². The number of thiophene rings is 1. The highest BCUT2D eigenvalue weighted by molar-refractivity contribution is 9.10. The Kier molecular flexibility index (Phi) is 7.69. The number of fused-ring (bicyclic) bond motifs is 1. The van der Waals surface area contributed by atoms with Crippen molar-refractivity contribution in [2.75, 3.05) is 13.2 Å². The van der Waals surface area contributed by atoms with Gasteiger partial charge in [-0.1, -0.05) is 53.8 Å². The Hall–Kier alpha value is -3.78. The summed E-state index contributed by atoms with van der Waals surface area (Å²) in [5.74, 6) is 0.0362. The Morgan fingerprint density at radius 1 is 1.21 bits per heavy atom. The van der Waals surface area contributed by atoms with Crippen molar-refractivity contribution in [1.29, 1.82) is 5.26 Å². The molecule has 0 fully saturated rings. The molecule has 0 saturated heterocycles. The van der Waals surface area contributed by atoms with Crippen molar-refractivity contribution >= 4 is 56.3 Å². The van der Waals surface area contributed by atoms with Gasteiger partial charge in [-0.05, 0) is 58.1 Å². The third kappa shape index (κ3) is 5.00. The minimum Gasteiger partial charge on any atom is -0.478 e. The lowest BCUT2D eigenvalue weighted by atomic mass is 9.97. The Labute approximate surface area is 234 Å². The van der Waals surface area contributed by atoms with Crippen molar-refractivity contribution in [2.24, 2.45) is 4.99 Å². The molecule has 0 amide bonds. The largest absolute Gasteiger partial charge is 0.478 e. The molecule has 3 heterocycles. The van der Waals surface area contributed by atoms with Crippen LogP contribution in [0, 0.1) is 11.3 Å². The van der Waals surface area contributed by atoms with E-state index in [9.17, 15) is 9.59 Å². The van der Waals surface area contributed by atoms with Crippen LogP contribution in [-0.4, -0.2) is 23.8 Å². The van der Waals surface area contributed by atoms with E-state index in [0.29, 0.717) is 30.8 Å². The zero-order valence-corrected chi connectivity index (χ0v) is 23.3. The molecule has 0 spiro atoms. The molecule has 1 aliphatic heterocycles. The number of benzene rings is 2. The maximum Gasteiger partial charge on any atom is 0.338 e. The summed E-state index contributed by atoms with van der Waals surface area (Å²) < 4.78 is 13.6. The summed E-state index contributed by atoms with van der Waals surface area (Å²) in [6.07, 6.45) is 1.78. The number of carbonyl (C=O) groups is 1. The molecule has 38 heavy (non-hydrogen) atoms. The summed E-state index contributed by atoms with van der Waals surface area (Å²) in [5, 5.41) is 10.7. The normalized spacial score (nSPS) is 15.0. The van der Waals surface area contributed by atoms with Gasteiger partial charge in [-0.15, -0.1) is 11.3 Å². The number of aromatic nitrogens is 1. The second-order valence-electron chi connectivity index (χ2n) is 8.08. The number of thiazole rings is 1. The van der Waals surface area contributed by atoms with E-state index in [1.54, 1.807) is 23.6 Å². The molecule has 0 aliphatic carbocycles. The van der Waals surface area contributed by atoms with Gasteiger partial charge in [-0.3, -0.25) is 9.36 Å². The van der Waals surface area contributed by atoms with Crippen molar-refractivity contribution in [3.05, 3.63) is 112 Å². The van der Waals surface area contributed by atoms with Crippen LogP contribution in [0.25, 0.3) is 11.8 Å². The van der Waals surface area contributed by atoms with Crippen LogP contribution >= 0.6 is 38.6 Å². The summed E-state index contributed by atoms with van der Waals surface area (Å²) >= 11 is 6.20. The maximum atomic E-state index is 13.8. The first-order valence-electron chi connectivity index (χ1n) is 11.6. The van der Waals surface area contributed by atoms with E-state index in [1.807, 2.05) is 66.0 Å². The smallest absolute Gasteiger partial charge is 0.338 e. The first kappa shape index (κ1) is 25.9. The number of rotatable bonds is 7. The summed E-state index contributed by atoms with van der Waals surface area (Å²) in [7, 11) is 0. The predicted molar refractivity (Wildman–Crippen MR) is 151 cm³/mol. The summed E-state index contributed by atoms with van der Waals surface area (Å²) in [4.78, 5) is 33.4. The molecule has 0 N–H and O–H groups in total. The average molecular weight is 607 g/mol. The fraction of sp³-hybridized carbons (Fsp3) is 0.143. The Balaban J connectivity index is 1.72. The summed E-state index contributed by atoms with van der Waals surface area (Å²) in [6.45, 7) is 1.89. The van der Waals surface area contributed by atoms with Crippen LogP contribution in [0.4, 0.5) is 0 Å². The molecule has 4 aromatic rings. The van der Waals surface area contributed by atoms with E-state index in [4.69, 9.17) is 19.7 Å². The molecule has 0 unspecified atom stereocenters. The van der Waals surface area contributed by atoms with Gasteiger partial charge >= 0.3 is 5.97 Å². The second kappa shape index (κ2) is 11.3. The van der Waals surface area contributed by atoms with Crippen molar-refractivity contribution in [3.63, 3.8) is 0 Å². The quantitative estimate of drug-likeness (QED) is 0.286. The van der Waals surface area contributed by atoms with E-state index < -0.39 is 12.0 Å². The first-order chi connectivity index (χ1) is 18.5. The number of nitriles is 1. The third-order valence-electron chi connectivity index (χ3n) is 5.73. The highest BCUT2D eigenvalue weighted by atomic mass is 79.9. The van der Waals surface area contributed by atoms with Gasteiger partial charge in [-0.2, -0.15) is 5.26 Å². The molecular weight excluding hydrogens is 586 g/mol. The molecular formula is C28H20BrN3O4S2. The van der Waals surface area contributed by atoms with Crippen LogP contribution in [-0.2, 0) is 9.53 Å². The number of nitrogens with zero attached hydrogens (tertiary/aromatic N) is 3. The first-order valence-corrected chi connectivity index (χ1v) is 14.1. The Bertz CT molecular complexity index is 1750. The predicted octanol–water partition coefficient (Wildman–Crippen LogP) is 4.66. The molecule has 0 bridgehead atoms. The SMILES string of the molecule is CCOC(=O)C1=C(c2ccccc2)N=c2s/c(=C\c3ccc(OCC#N)c(Br)c3)c(=O)n2[C@H]1c1cccs1. The monoisotopic (exact) mass is 605 g/mol. The fourth-order valence-corrected chi connectivity index (χ4v) is 6.48. The second-order valence-corrected chi connectivity index (χ2v) is 10.9. The molecule has 0 saturated carbocycles. The van der Waals surface area contributed by atoms with Gasteiger partial charge in [0.25, 0.3) is 5.56 Å². The Morgan fingerprint density at radius 2 is 2.03 bits per heavy atom. The zero-order chi connectivity index (χ0) is 26.6. The molecule has 10 heteroatoms. The standard InChI is InChI=1S/C28H20BrN3O4S2/c1-2-35-27(34)23-24(18-7-4-3-5-8-18)31-28-32(25(23)21-9-6-14-37-21)26(33)22(38-28)16-17-10-11-20(19(29)15-17)36-13-12-30/h3-11,14-16,25H,2,13H2,1H3/b22-16-/t25-/m0/s1. The number of halogens is 1. The number of ether oxygens (including phenoxy) is 2. The third-order valence-corrected chi connectivity index (χ3v) is 8.26. The van der Waals surface area contributed by atoms with Crippen molar-refractivity contribution < 1.29 is 14.3 Å². The van der Waals surface area contributed by atoms with Gasteiger partial charge in [0.05, 0.1) is 26.9 Å². The van der Waals surface area contributed by atoms with Gasteiger partial charge in [0.15, 0.2) is 11.4 Å². The van der Waals surface area contributed by atoms with E-state index in [2.05, 4.69) is 15.9 Å². The molecule has 5 rings (SSSR count). The van der Waals surface area contributed by atoms with Crippen molar-refractivity contribution in [1.82, 2.24) is 4.57 Å². The number of hydrogen-bond acceptors (Lipinski definition) is 8. The van der Waals surface area contributed by atoms with Crippen LogP contribution in [0.3, 0.4) is 0 Å². The maximum absolute atomic E-state index is 13.8. The molecule has 7 nitrogen and oxygen atoms in total. The molecule has 1 aliphatic rings. The molecule has 2 aromatic carbocycles. The van der Waals surface area contributed by atoms with Gasteiger partial charge < -0.3 is 9.47 Å². The van der Waals surface area contributed by atoms with Crippen LogP contribution in [0.5, 0.6) is 5.75 Å². The van der Waals surface area contributed by atoms with E-state index >= 15 is 0 Å². The molecule has 2 aromatic heterocycles. The molecule has 1 atom stereocenters. The van der Waals surface area contributed by atoms with E-state index in [0.717, 1.165) is 16.0 Å². The summed E-state index contributed by atoms with van der Waals surface area (Å²) in [6, 6.07) is 19.9. The molecule has 0 radical (unpaired) electrons. The van der Waals surface area contributed by atoms with Crippen LogP contribution < -0.4 is 19.6 Å². The van der Waals surface area contributed by atoms with Gasteiger partial charge in [0, 0.05) is 10.4 Å². The van der Waals surface area contributed by atoms with Crippen molar-refractivity contribution in [3.8, 4) is 11.8 Å². The highest BCUT2D eigenvalue weighted by Crippen LogP contribution is 2.36.